The highest BCUT2D eigenvalue weighted by molar-refractivity contribution is 6.45. The Morgan fingerprint density at radius 2 is 2.06 bits per heavy atom. The lowest BCUT2D eigenvalue weighted by atomic mass is 9.98. The zero-order valence-electron chi connectivity index (χ0n) is 16.8. The number of hydrogen-bond donors (Lipinski definition) is 2. The molecule has 1 saturated heterocycles. The van der Waals surface area contributed by atoms with Crippen molar-refractivity contribution in [2.24, 2.45) is 0 Å². The molecular weight excluding hydrogens is 439 g/mol. The van der Waals surface area contributed by atoms with E-state index in [9.17, 15) is 9.90 Å². The number of carboxylic acid groups (broad SMARTS) is 1. The van der Waals surface area contributed by atoms with E-state index in [0.717, 1.165) is 23.2 Å². The molecular formula is C22H22Cl2N4O3. The van der Waals surface area contributed by atoms with E-state index < -0.39 is 12.1 Å². The highest BCUT2D eigenvalue weighted by atomic mass is 35.5. The van der Waals surface area contributed by atoms with Gasteiger partial charge in [0.25, 0.3) is 0 Å². The first-order valence-corrected chi connectivity index (χ1v) is 10.7. The molecule has 0 spiro atoms. The average molecular weight is 461 g/mol. The Morgan fingerprint density at radius 1 is 1.29 bits per heavy atom. The lowest BCUT2D eigenvalue weighted by Gasteiger charge is -2.26. The van der Waals surface area contributed by atoms with Crippen LogP contribution in [-0.4, -0.2) is 46.3 Å². The Kier molecular flexibility index (Phi) is 6.18. The van der Waals surface area contributed by atoms with Crippen molar-refractivity contribution in [1.29, 1.82) is 0 Å². The molecule has 3 atom stereocenters. The van der Waals surface area contributed by atoms with E-state index in [1.165, 1.54) is 6.92 Å². The minimum atomic E-state index is -0.992. The number of benzene rings is 1. The topological polar surface area (TPSA) is 102 Å². The van der Waals surface area contributed by atoms with Crippen LogP contribution < -0.4 is 10.6 Å². The monoisotopic (exact) mass is 460 g/mol. The number of nitrogen functional groups attached to an aromatic ring is 1. The smallest absolute Gasteiger partial charge is 0.332 e. The van der Waals surface area contributed by atoms with E-state index in [4.69, 9.17) is 38.7 Å². The number of aromatic nitrogens is 2. The Hall–Kier alpha value is -2.61. The summed E-state index contributed by atoms with van der Waals surface area (Å²) >= 11 is 12.6. The number of rotatable bonds is 6. The normalized spacial score (nSPS) is 19.6. The van der Waals surface area contributed by atoms with Gasteiger partial charge in [0.1, 0.15) is 11.6 Å². The second-order valence-electron chi connectivity index (χ2n) is 7.67. The van der Waals surface area contributed by atoms with Gasteiger partial charge >= 0.3 is 5.97 Å². The van der Waals surface area contributed by atoms with Gasteiger partial charge in [0.2, 0.25) is 0 Å². The molecule has 9 heteroatoms. The number of nitrogens with zero attached hydrogens (tertiary/aromatic N) is 3. The minimum absolute atomic E-state index is 0.0627. The van der Waals surface area contributed by atoms with E-state index in [0.29, 0.717) is 27.9 Å². The van der Waals surface area contributed by atoms with Crippen molar-refractivity contribution in [3.05, 3.63) is 58.2 Å². The molecule has 3 heterocycles. The SMILES string of the molecule is CC(OCC1CC(c2ccc(N)nc2)CN1c1ccc2ccc(Cl)c(Cl)c2n1)C(=O)O. The van der Waals surface area contributed by atoms with Crippen LogP contribution in [0.2, 0.25) is 10.0 Å². The van der Waals surface area contributed by atoms with Crippen molar-refractivity contribution in [3.63, 3.8) is 0 Å². The van der Waals surface area contributed by atoms with Crippen LogP contribution >= 0.6 is 23.2 Å². The summed E-state index contributed by atoms with van der Waals surface area (Å²) < 4.78 is 5.62. The molecule has 4 rings (SSSR count). The Morgan fingerprint density at radius 3 is 2.77 bits per heavy atom. The van der Waals surface area contributed by atoms with Crippen LogP contribution in [0.3, 0.4) is 0 Å². The van der Waals surface area contributed by atoms with Crippen molar-refractivity contribution >= 4 is 51.7 Å². The predicted molar refractivity (Wildman–Crippen MR) is 122 cm³/mol. The van der Waals surface area contributed by atoms with Gasteiger partial charge in [-0.2, -0.15) is 0 Å². The fourth-order valence-corrected chi connectivity index (χ4v) is 4.23. The van der Waals surface area contributed by atoms with Gasteiger partial charge in [0.15, 0.2) is 6.10 Å². The van der Waals surface area contributed by atoms with Crippen molar-refractivity contribution in [3.8, 4) is 0 Å². The molecule has 0 radical (unpaired) electrons. The van der Waals surface area contributed by atoms with Crippen molar-refractivity contribution in [2.45, 2.75) is 31.4 Å². The zero-order chi connectivity index (χ0) is 22.1. The van der Waals surface area contributed by atoms with Gasteiger partial charge in [-0.25, -0.2) is 14.8 Å². The molecule has 162 valence electrons. The quantitative estimate of drug-likeness (QED) is 0.562. The predicted octanol–water partition coefficient (Wildman–Crippen LogP) is 4.37. The molecule has 3 N–H and O–H groups in total. The lowest BCUT2D eigenvalue weighted by Crippen LogP contribution is -2.36. The molecule has 1 aliphatic heterocycles. The average Bonchev–Trinajstić information content (AvgIpc) is 3.19. The third-order valence-electron chi connectivity index (χ3n) is 5.61. The van der Waals surface area contributed by atoms with Crippen LogP contribution in [0, 0.1) is 0 Å². The summed E-state index contributed by atoms with van der Waals surface area (Å²) in [5.41, 5.74) is 7.42. The number of ether oxygens (including phenoxy) is 1. The highest BCUT2D eigenvalue weighted by Crippen LogP contribution is 2.37. The summed E-state index contributed by atoms with van der Waals surface area (Å²) in [5.74, 6) is 0.388. The number of anilines is 2. The molecule has 3 aromatic rings. The van der Waals surface area contributed by atoms with Crippen LogP contribution in [-0.2, 0) is 9.53 Å². The number of fused-ring (bicyclic) bond motifs is 1. The third kappa shape index (κ3) is 4.54. The molecule has 2 aromatic heterocycles. The van der Waals surface area contributed by atoms with Gasteiger partial charge in [-0.1, -0.05) is 35.3 Å². The summed E-state index contributed by atoms with van der Waals surface area (Å²) in [6.45, 7) is 2.46. The standard InChI is InChI=1S/C22H22Cl2N4O3/c1-12(22(29)30)31-11-16-8-15(14-3-6-18(25)26-9-14)10-28(16)19-7-4-13-2-5-17(23)20(24)21(13)27-19/h2-7,9,12,15-16H,8,10-11H2,1H3,(H2,25,26)(H,29,30). The molecule has 1 fully saturated rings. The molecule has 0 bridgehead atoms. The van der Waals surface area contributed by atoms with Gasteiger partial charge < -0.3 is 20.5 Å². The van der Waals surface area contributed by atoms with Gasteiger partial charge in [0.05, 0.1) is 28.2 Å². The number of carbonyl (C=O) groups is 1. The first-order chi connectivity index (χ1) is 14.8. The first-order valence-electron chi connectivity index (χ1n) is 9.90. The maximum atomic E-state index is 11.2. The van der Waals surface area contributed by atoms with Crippen molar-refractivity contribution < 1.29 is 14.6 Å². The summed E-state index contributed by atoms with van der Waals surface area (Å²) in [6, 6.07) is 11.2. The summed E-state index contributed by atoms with van der Waals surface area (Å²) in [4.78, 5) is 22.3. The van der Waals surface area contributed by atoms with E-state index in [1.54, 1.807) is 18.3 Å². The Labute approximate surface area is 189 Å². The van der Waals surface area contributed by atoms with Crippen LogP contribution in [0.1, 0.15) is 24.8 Å². The molecule has 3 unspecified atom stereocenters. The fourth-order valence-electron chi connectivity index (χ4n) is 3.86. The lowest BCUT2D eigenvalue weighted by molar-refractivity contribution is -0.149. The summed E-state index contributed by atoms with van der Waals surface area (Å²) in [6.07, 6.45) is 1.66. The Balaban J connectivity index is 1.66. The molecule has 1 aliphatic rings. The maximum Gasteiger partial charge on any atom is 0.332 e. The summed E-state index contributed by atoms with van der Waals surface area (Å²) in [7, 11) is 0. The van der Waals surface area contributed by atoms with Crippen LogP contribution in [0.15, 0.2) is 42.6 Å². The molecule has 1 aromatic carbocycles. The van der Waals surface area contributed by atoms with Gasteiger partial charge in [0, 0.05) is 24.0 Å². The zero-order valence-corrected chi connectivity index (χ0v) is 18.3. The molecule has 0 amide bonds. The second kappa shape index (κ2) is 8.86. The van der Waals surface area contributed by atoms with E-state index in [1.807, 2.05) is 24.3 Å². The molecule has 0 saturated carbocycles. The number of aliphatic carboxylic acids is 1. The third-order valence-corrected chi connectivity index (χ3v) is 6.41. The minimum Gasteiger partial charge on any atom is -0.479 e. The van der Waals surface area contributed by atoms with Crippen LogP contribution in [0.25, 0.3) is 10.9 Å². The van der Waals surface area contributed by atoms with E-state index >= 15 is 0 Å². The molecule has 7 nitrogen and oxygen atoms in total. The number of pyridine rings is 2. The largest absolute Gasteiger partial charge is 0.479 e. The first kappa shape index (κ1) is 21.6. The Bertz CT molecular complexity index is 1110. The summed E-state index contributed by atoms with van der Waals surface area (Å²) in [5, 5.41) is 10.9. The number of halogens is 2. The van der Waals surface area contributed by atoms with Crippen molar-refractivity contribution in [1.82, 2.24) is 9.97 Å². The van der Waals surface area contributed by atoms with Crippen LogP contribution in [0.5, 0.6) is 0 Å². The van der Waals surface area contributed by atoms with Gasteiger partial charge in [-0.3, -0.25) is 0 Å². The number of hydrogen-bond acceptors (Lipinski definition) is 6. The second-order valence-corrected chi connectivity index (χ2v) is 8.46. The van der Waals surface area contributed by atoms with Crippen molar-refractivity contribution in [2.75, 3.05) is 23.8 Å². The molecule has 31 heavy (non-hydrogen) atoms. The van der Waals surface area contributed by atoms with Crippen LogP contribution in [0.4, 0.5) is 11.6 Å². The van der Waals surface area contributed by atoms with Gasteiger partial charge in [-0.15, -0.1) is 0 Å². The number of carboxylic acids is 1. The van der Waals surface area contributed by atoms with Gasteiger partial charge in [-0.05, 0) is 43.2 Å². The molecule has 0 aliphatic carbocycles. The fraction of sp³-hybridized carbons (Fsp3) is 0.318. The van der Waals surface area contributed by atoms with E-state index in [-0.39, 0.29) is 18.6 Å². The maximum absolute atomic E-state index is 11.2. The number of nitrogens with two attached hydrogens (primary N) is 1. The highest BCUT2D eigenvalue weighted by Gasteiger charge is 2.35. The van der Waals surface area contributed by atoms with E-state index in [2.05, 4.69) is 9.88 Å².